The number of carbonyl (C=O) groups is 1. The van der Waals surface area contributed by atoms with Gasteiger partial charge in [-0.05, 0) is 77.0 Å². The molecule has 0 spiro atoms. The fourth-order valence-corrected chi connectivity index (χ4v) is 5.10. The van der Waals surface area contributed by atoms with Crippen LogP contribution in [0.3, 0.4) is 0 Å². The Morgan fingerprint density at radius 3 is 1.38 bits per heavy atom. The zero-order valence-corrected chi connectivity index (χ0v) is 31.0. The Morgan fingerprint density at radius 1 is 0.521 bits per heavy atom. The van der Waals surface area contributed by atoms with Crippen LogP contribution in [-0.2, 0) is 4.79 Å². The lowest BCUT2D eigenvalue weighted by Gasteiger charge is -2.20. The molecule has 3 N–H and O–H groups in total. The van der Waals surface area contributed by atoms with Crippen LogP contribution < -0.4 is 5.32 Å². The lowest BCUT2D eigenvalue weighted by Crippen LogP contribution is -2.45. The molecular formula is C44H73NO3. The van der Waals surface area contributed by atoms with Gasteiger partial charge in [0.15, 0.2) is 0 Å². The number of aliphatic hydroxyl groups excluding tert-OH is 2. The van der Waals surface area contributed by atoms with Crippen LogP contribution in [0.2, 0.25) is 0 Å². The third-order valence-electron chi connectivity index (χ3n) is 8.07. The Labute approximate surface area is 296 Å². The molecule has 1 amide bonds. The quantitative estimate of drug-likeness (QED) is 0.0483. The van der Waals surface area contributed by atoms with Crippen LogP contribution >= 0.6 is 0 Å². The van der Waals surface area contributed by atoms with Crippen molar-refractivity contribution in [2.24, 2.45) is 0 Å². The molecule has 0 aliphatic rings. The van der Waals surface area contributed by atoms with Crippen molar-refractivity contribution in [3.8, 4) is 0 Å². The van der Waals surface area contributed by atoms with Crippen molar-refractivity contribution in [2.75, 3.05) is 6.61 Å². The Bertz CT molecular complexity index is 937. The number of amides is 1. The van der Waals surface area contributed by atoms with Crippen LogP contribution in [0.4, 0.5) is 0 Å². The lowest BCUT2D eigenvalue weighted by molar-refractivity contribution is -0.123. The van der Waals surface area contributed by atoms with E-state index in [-0.39, 0.29) is 12.5 Å². The number of rotatable bonds is 33. The first kappa shape index (κ1) is 45.3. The first-order valence-electron chi connectivity index (χ1n) is 19.5. The first-order valence-corrected chi connectivity index (χ1v) is 19.5. The van der Waals surface area contributed by atoms with E-state index in [9.17, 15) is 15.0 Å². The summed E-state index contributed by atoms with van der Waals surface area (Å²) >= 11 is 0. The van der Waals surface area contributed by atoms with Crippen LogP contribution in [0.1, 0.15) is 155 Å². The number of hydrogen-bond acceptors (Lipinski definition) is 3. The van der Waals surface area contributed by atoms with Gasteiger partial charge in [-0.1, -0.05) is 169 Å². The van der Waals surface area contributed by atoms with Crippen molar-refractivity contribution in [1.82, 2.24) is 5.32 Å². The second kappa shape index (κ2) is 38.8. The predicted octanol–water partition coefficient (Wildman–Crippen LogP) is 11.9. The highest BCUT2D eigenvalue weighted by Gasteiger charge is 2.17. The maximum absolute atomic E-state index is 12.2. The monoisotopic (exact) mass is 664 g/mol. The fraction of sp³-hybridized carbons (Fsp3) is 0.614. The van der Waals surface area contributed by atoms with Crippen molar-refractivity contribution in [3.05, 3.63) is 97.2 Å². The Hall–Kier alpha value is -2.69. The van der Waals surface area contributed by atoms with Gasteiger partial charge in [-0.25, -0.2) is 0 Å². The van der Waals surface area contributed by atoms with Gasteiger partial charge in [-0.2, -0.15) is 0 Å². The molecule has 4 heteroatoms. The Balaban J connectivity index is 3.58. The highest BCUT2D eigenvalue weighted by atomic mass is 16.3. The second-order valence-corrected chi connectivity index (χ2v) is 12.6. The number of aliphatic hydroxyl groups is 2. The minimum Gasteiger partial charge on any atom is -0.394 e. The average Bonchev–Trinajstić information content (AvgIpc) is 3.09. The predicted molar refractivity (Wildman–Crippen MR) is 211 cm³/mol. The standard InChI is InChI=1S/C44H73NO3/c1-3-5-7-9-10-11-12-13-14-15-16-17-18-19-20-21-22-23-24-25-26-27-28-29-30-31-32-33-34-36-38-40-44(48)45-42(41-46)43(47)39-37-35-8-6-4-2/h5,7,10-11,13-14,16-17,19-20,22-23,25-26,37,39,42-43,46-47H,3-4,6,8-9,12,15,18,21,24,27-36,38,40-41H2,1-2H3,(H,45,48)/b7-5-,11-10-,14-13-,17-16-,20-19-,23-22-,26-25-,39-37+. The summed E-state index contributed by atoms with van der Waals surface area (Å²) in [7, 11) is 0. The normalized spacial score (nSPS) is 14.2. The number of allylic oxidation sites excluding steroid dienone is 15. The molecular weight excluding hydrogens is 590 g/mol. The summed E-state index contributed by atoms with van der Waals surface area (Å²) < 4.78 is 0. The minimum absolute atomic E-state index is 0.0844. The second-order valence-electron chi connectivity index (χ2n) is 12.6. The van der Waals surface area contributed by atoms with E-state index in [4.69, 9.17) is 0 Å². The van der Waals surface area contributed by atoms with Crippen LogP contribution in [0.25, 0.3) is 0 Å². The summed E-state index contributed by atoms with van der Waals surface area (Å²) in [5, 5.41) is 22.6. The van der Waals surface area contributed by atoms with Gasteiger partial charge < -0.3 is 15.5 Å². The summed E-state index contributed by atoms with van der Waals surface area (Å²) in [6.07, 6.45) is 58.2. The van der Waals surface area contributed by atoms with Gasteiger partial charge in [0.05, 0.1) is 18.8 Å². The zero-order chi connectivity index (χ0) is 35.0. The van der Waals surface area contributed by atoms with Gasteiger partial charge in [0.1, 0.15) is 0 Å². The zero-order valence-electron chi connectivity index (χ0n) is 31.0. The van der Waals surface area contributed by atoms with E-state index >= 15 is 0 Å². The molecule has 2 unspecified atom stereocenters. The van der Waals surface area contributed by atoms with Crippen molar-refractivity contribution < 1.29 is 15.0 Å². The van der Waals surface area contributed by atoms with E-state index < -0.39 is 12.1 Å². The van der Waals surface area contributed by atoms with Crippen molar-refractivity contribution in [2.45, 2.75) is 167 Å². The molecule has 0 aliphatic heterocycles. The molecule has 0 radical (unpaired) electrons. The minimum atomic E-state index is -0.843. The van der Waals surface area contributed by atoms with Gasteiger partial charge >= 0.3 is 0 Å². The highest BCUT2D eigenvalue weighted by molar-refractivity contribution is 5.76. The van der Waals surface area contributed by atoms with Gasteiger partial charge in [0.2, 0.25) is 5.91 Å². The van der Waals surface area contributed by atoms with E-state index in [0.717, 1.165) is 83.5 Å². The SMILES string of the molecule is CC/C=C\C/C=C\C/C=C\C/C=C\C/C=C\C/C=C\C/C=C\CCCCCCCCCCCC(=O)NC(CO)C(O)/C=C/CCCCC. The average molecular weight is 664 g/mol. The maximum atomic E-state index is 12.2. The molecule has 0 aromatic heterocycles. The molecule has 48 heavy (non-hydrogen) atoms. The molecule has 0 rings (SSSR count). The summed E-state index contributed by atoms with van der Waals surface area (Å²) in [5.41, 5.74) is 0. The molecule has 2 atom stereocenters. The molecule has 0 heterocycles. The molecule has 0 aromatic carbocycles. The van der Waals surface area contributed by atoms with E-state index in [0.29, 0.717) is 6.42 Å². The van der Waals surface area contributed by atoms with Crippen LogP contribution in [0.5, 0.6) is 0 Å². The molecule has 0 aromatic rings. The molecule has 4 nitrogen and oxygen atoms in total. The van der Waals surface area contributed by atoms with Crippen molar-refractivity contribution in [1.29, 1.82) is 0 Å². The van der Waals surface area contributed by atoms with Gasteiger partial charge in [-0.15, -0.1) is 0 Å². The van der Waals surface area contributed by atoms with E-state index in [1.165, 1.54) is 51.4 Å². The van der Waals surface area contributed by atoms with Crippen LogP contribution in [0, 0.1) is 0 Å². The van der Waals surface area contributed by atoms with E-state index in [1.807, 2.05) is 6.08 Å². The molecule has 0 saturated heterocycles. The topological polar surface area (TPSA) is 69.6 Å². The smallest absolute Gasteiger partial charge is 0.220 e. The number of carbonyl (C=O) groups excluding carboxylic acids is 1. The third-order valence-corrected chi connectivity index (χ3v) is 8.07. The summed E-state index contributed by atoms with van der Waals surface area (Å²) in [5.74, 6) is -0.0844. The lowest BCUT2D eigenvalue weighted by atomic mass is 10.1. The molecule has 0 fully saturated rings. The highest BCUT2D eigenvalue weighted by Crippen LogP contribution is 2.12. The Kier molecular flexibility index (Phi) is 36.6. The largest absolute Gasteiger partial charge is 0.394 e. The number of hydrogen-bond donors (Lipinski definition) is 3. The van der Waals surface area contributed by atoms with Crippen LogP contribution in [0.15, 0.2) is 97.2 Å². The summed E-state index contributed by atoms with van der Waals surface area (Å²) in [6, 6.07) is -0.627. The van der Waals surface area contributed by atoms with Crippen LogP contribution in [-0.4, -0.2) is 34.9 Å². The van der Waals surface area contributed by atoms with E-state index in [2.05, 4.69) is 104 Å². The van der Waals surface area contributed by atoms with Crippen molar-refractivity contribution in [3.63, 3.8) is 0 Å². The maximum Gasteiger partial charge on any atom is 0.220 e. The van der Waals surface area contributed by atoms with Gasteiger partial charge in [0, 0.05) is 6.42 Å². The van der Waals surface area contributed by atoms with Gasteiger partial charge in [0.25, 0.3) is 0 Å². The summed E-state index contributed by atoms with van der Waals surface area (Å²) in [6.45, 7) is 4.07. The molecule has 0 aliphatic carbocycles. The Morgan fingerprint density at radius 2 is 0.917 bits per heavy atom. The fourth-order valence-electron chi connectivity index (χ4n) is 5.10. The third kappa shape index (κ3) is 34.6. The van der Waals surface area contributed by atoms with Gasteiger partial charge in [-0.3, -0.25) is 4.79 Å². The first-order chi connectivity index (χ1) is 23.7. The molecule has 0 saturated carbocycles. The van der Waals surface area contributed by atoms with E-state index in [1.54, 1.807) is 6.08 Å². The summed E-state index contributed by atoms with van der Waals surface area (Å²) in [4.78, 5) is 12.2. The number of nitrogens with one attached hydrogen (secondary N) is 1. The molecule has 272 valence electrons. The molecule has 0 bridgehead atoms. The van der Waals surface area contributed by atoms with Crippen molar-refractivity contribution >= 4 is 5.91 Å². The number of unbranched alkanes of at least 4 members (excludes halogenated alkanes) is 12.